The quantitative estimate of drug-likeness (QED) is 0.876. The molecule has 2 aliphatic heterocycles. The lowest BCUT2D eigenvalue weighted by Gasteiger charge is -2.25. The molecule has 2 N–H and O–H groups in total. The van der Waals surface area contributed by atoms with Crippen LogP contribution in [0.4, 0.5) is 4.79 Å². The van der Waals surface area contributed by atoms with Crippen LogP contribution in [-0.2, 0) is 6.42 Å². The van der Waals surface area contributed by atoms with Gasteiger partial charge in [0.15, 0.2) is 0 Å². The van der Waals surface area contributed by atoms with E-state index in [1.807, 2.05) is 0 Å². The van der Waals surface area contributed by atoms with Crippen molar-refractivity contribution in [3.05, 3.63) is 29.3 Å². The molecule has 2 heterocycles. The minimum absolute atomic E-state index is 0.265. The Morgan fingerprint density at radius 1 is 1.36 bits per heavy atom. The summed E-state index contributed by atoms with van der Waals surface area (Å²) >= 11 is 0. The van der Waals surface area contributed by atoms with Gasteiger partial charge < -0.3 is 20.1 Å². The highest BCUT2D eigenvalue weighted by atomic mass is 16.5. The van der Waals surface area contributed by atoms with Crippen LogP contribution in [-0.4, -0.2) is 48.4 Å². The molecule has 1 fully saturated rings. The van der Waals surface area contributed by atoms with Crippen molar-refractivity contribution in [1.29, 1.82) is 0 Å². The summed E-state index contributed by atoms with van der Waals surface area (Å²) in [4.78, 5) is 13.1. The molecule has 3 rings (SSSR count). The molecule has 1 unspecified atom stereocenters. The molecule has 1 saturated heterocycles. The molecule has 1 aromatic carbocycles. The fraction of sp³-hybridized carbons (Fsp3) is 0.650. The van der Waals surface area contributed by atoms with Crippen molar-refractivity contribution in [2.24, 2.45) is 5.92 Å². The maximum Gasteiger partial charge on any atom is 0.407 e. The molecule has 0 aliphatic carbocycles. The van der Waals surface area contributed by atoms with Crippen LogP contribution in [0, 0.1) is 5.92 Å². The SMILES string of the molecule is CC(C)CC1CN(C(=O)O)CCc2cc(OC3CCNCC3)ccc21. The maximum absolute atomic E-state index is 11.5. The summed E-state index contributed by atoms with van der Waals surface area (Å²) in [6.45, 7) is 7.58. The van der Waals surface area contributed by atoms with Gasteiger partial charge in [-0.15, -0.1) is 0 Å². The fourth-order valence-electron chi connectivity index (χ4n) is 4.03. The Hall–Kier alpha value is -1.75. The van der Waals surface area contributed by atoms with E-state index in [9.17, 15) is 9.90 Å². The van der Waals surface area contributed by atoms with Gasteiger partial charge >= 0.3 is 6.09 Å². The van der Waals surface area contributed by atoms with Crippen LogP contribution >= 0.6 is 0 Å². The van der Waals surface area contributed by atoms with Gasteiger partial charge in [-0.05, 0) is 68.0 Å². The van der Waals surface area contributed by atoms with Gasteiger partial charge in [0, 0.05) is 19.0 Å². The number of amides is 1. The number of nitrogens with zero attached hydrogens (tertiary/aromatic N) is 1. The topological polar surface area (TPSA) is 61.8 Å². The zero-order valence-electron chi connectivity index (χ0n) is 15.3. The number of hydrogen-bond donors (Lipinski definition) is 2. The molecule has 0 radical (unpaired) electrons. The van der Waals surface area contributed by atoms with E-state index in [-0.39, 0.29) is 12.0 Å². The average molecular weight is 346 g/mol. The summed E-state index contributed by atoms with van der Waals surface area (Å²) in [5.74, 6) is 1.73. The van der Waals surface area contributed by atoms with Gasteiger partial charge in [-0.2, -0.15) is 0 Å². The van der Waals surface area contributed by atoms with Crippen LogP contribution in [0.15, 0.2) is 18.2 Å². The highest BCUT2D eigenvalue weighted by Gasteiger charge is 2.27. The van der Waals surface area contributed by atoms with Gasteiger partial charge in [-0.1, -0.05) is 19.9 Å². The van der Waals surface area contributed by atoms with E-state index in [2.05, 4.69) is 37.4 Å². The highest BCUT2D eigenvalue weighted by Crippen LogP contribution is 2.33. The van der Waals surface area contributed by atoms with Crippen molar-refractivity contribution in [3.8, 4) is 5.75 Å². The number of hydrogen-bond acceptors (Lipinski definition) is 3. The number of benzene rings is 1. The third-order valence-corrected chi connectivity index (χ3v) is 5.26. The van der Waals surface area contributed by atoms with E-state index in [0.29, 0.717) is 19.0 Å². The van der Waals surface area contributed by atoms with Gasteiger partial charge in [-0.3, -0.25) is 0 Å². The Kier molecular flexibility index (Phi) is 5.84. The Morgan fingerprint density at radius 2 is 2.12 bits per heavy atom. The second-order valence-electron chi connectivity index (χ2n) is 7.73. The maximum atomic E-state index is 11.5. The van der Waals surface area contributed by atoms with Crippen molar-refractivity contribution in [1.82, 2.24) is 10.2 Å². The number of fused-ring (bicyclic) bond motifs is 1. The predicted molar refractivity (Wildman–Crippen MR) is 98.5 cm³/mol. The number of carboxylic acid groups (broad SMARTS) is 1. The number of carbonyl (C=O) groups is 1. The van der Waals surface area contributed by atoms with Gasteiger partial charge in [-0.25, -0.2) is 4.79 Å². The van der Waals surface area contributed by atoms with Crippen LogP contribution in [0.2, 0.25) is 0 Å². The molecule has 138 valence electrons. The monoisotopic (exact) mass is 346 g/mol. The Bertz CT molecular complexity index is 597. The van der Waals surface area contributed by atoms with Crippen LogP contribution in [0.1, 0.15) is 50.2 Å². The van der Waals surface area contributed by atoms with E-state index in [1.54, 1.807) is 4.90 Å². The van der Waals surface area contributed by atoms with Gasteiger partial charge in [0.05, 0.1) is 0 Å². The third kappa shape index (κ3) is 4.66. The lowest BCUT2D eigenvalue weighted by atomic mass is 9.87. The zero-order valence-corrected chi connectivity index (χ0v) is 15.3. The predicted octanol–water partition coefficient (Wildman–Crippen LogP) is 3.48. The number of rotatable bonds is 4. The molecule has 5 nitrogen and oxygen atoms in total. The van der Waals surface area contributed by atoms with E-state index >= 15 is 0 Å². The molecule has 1 aromatic rings. The molecule has 1 amide bonds. The Balaban J connectivity index is 1.80. The number of piperidine rings is 1. The molecule has 25 heavy (non-hydrogen) atoms. The average Bonchev–Trinajstić information content (AvgIpc) is 2.75. The van der Waals surface area contributed by atoms with E-state index in [4.69, 9.17) is 4.74 Å². The second kappa shape index (κ2) is 8.09. The van der Waals surface area contributed by atoms with Crippen LogP contribution in [0.25, 0.3) is 0 Å². The number of nitrogens with one attached hydrogen (secondary N) is 1. The first-order chi connectivity index (χ1) is 12.0. The first kappa shape index (κ1) is 18.1. The van der Waals surface area contributed by atoms with Crippen LogP contribution in [0.5, 0.6) is 5.75 Å². The molecule has 0 spiro atoms. The zero-order chi connectivity index (χ0) is 17.8. The standard InChI is InChI=1S/C20H30N2O3/c1-14(2)11-16-13-22(20(23)24)10-7-15-12-18(3-4-19(15)16)25-17-5-8-21-9-6-17/h3-4,12,14,16-17,21H,5-11,13H2,1-2H3,(H,23,24). The van der Waals surface area contributed by atoms with E-state index in [0.717, 1.165) is 44.5 Å². The van der Waals surface area contributed by atoms with Crippen molar-refractivity contribution in [2.75, 3.05) is 26.2 Å². The van der Waals surface area contributed by atoms with Crippen molar-refractivity contribution >= 4 is 6.09 Å². The molecular weight excluding hydrogens is 316 g/mol. The van der Waals surface area contributed by atoms with Gasteiger partial charge in [0.1, 0.15) is 11.9 Å². The largest absolute Gasteiger partial charge is 0.490 e. The van der Waals surface area contributed by atoms with E-state index in [1.165, 1.54) is 11.1 Å². The molecule has 0 aromatic heterocycles. The molecule has 5 heteroatoms. The summed E-state index contributed by atoms with van der Waals surface area (Å²) < 4.78 is 6.18. The molecule has 2 aliphatic rings. The minimum atomic E-state index is -0.812. The second-order valence-corrected chi connectivity index (χ2v) is 7.73. The number of ether oxygens (including phenoxy) is 1. The summed E-state index contributed by atoms with van der Waals surface area (Å²) in [6.07, 6.45) is 3.32. The van der Waals surface area contributed by atoms with Crippen LogP contribution in [0.3, 0.4) is 0 Å². The fourth-order valence-corrected chi connectivity index (χ4v) is 4.03. The first-order valence-electron chi connectivity index (χ1n) is 9.51. The summed E-state index contributed by atoms with van der Waals surface area (Å²) in [6, 6.07) is 6.39. The van der Waals surface area contributed by atoms with E-state index < -0.39 is 6.09 Å². The van der Waals surface area contributed by atoms with Gasteiger partial charge in [0.2, 0.25) is 0 Å². The lowest BCUT2D eigenvalue weighted by Crippen LogP contribution is -2.34. The Morgan fingerprint density at radius 3 is 2.80 bits per heavy atom. The molecular formula is C20H30N2O3. The Labute approximate surface area is 150 Å². The summed E-state index contributed by atoms with van der Waals surface area (Å²) in [5.41, 5.74) is 2.55. The summed E-state index contributed by atoms with van der Waals surface area (Å²) in [5, 5.41) is 12.8. The molecule has 0 bridgehead atoms. The minimum Gasteiger partial charge on any atom is -0.490 e. The van der Waals surface area contributed by atoms with Crippen molar-refractivity contribution < 1.29 is 14.6 Å². The smallest absolute Gasteiger partial charge is 0.407 e. The molecule has 1 atom stereocenters. The van der Waals surface area contributed by atoms with Crippen molar-refractivity contribution in [3.63, 3.8) is 0 Å². The van der Waals surface area contributed by atoms with Gasteiger partial charge in [0.25, 0.3) is 0 Å². The summed E-state index contributed by atoms with van der Waals surface area (Å²) in [7, 11) is 0. The van der Waals surface area contributed by atoms with Crippen LogP contribution < -0.4 is 10.1 Å². The molecule has 0 saturated carbocycles. The van der Waals surface area contributed by atoms with Crippen molar-refractivity contribution in [2.45, 2.75) is 51.6 Å². The normalized spacial score (nSPS) is 21.7. The first-order valence-corrected chi connectivity index (χ1v) is 9.51. The lowest BCUT2D eigenvalue weighted by molar-refractivity contribution is 0.142. The third-order valence-electron chi connectivity index (χ3n) is 5.26. The highest BCUT2D eigenvalue weighted by molar-refractivity contribution is 5.65.